The van der Waals surface area contributed by atoms with Crippen LogP contribution in [-0.4, -0.2) is 12.6 Å². The zero-order valence-corrected chi connectivity index (χ0v) is 19.7. The van der Waals surface area contributed by atoms with Crippen molar-refractivity contribution in [2.24, 2.45) is 5.92 Å². The Kier molecular flexibility index (Phi) is 18.9. The fourth-order valence-corrected chi connectivity index (χ4v) is 4.46. The summed E-state index contributed by atoms with van der Waals surface area (Å²) in [5.41, 5.74) is 0. The van der Waals surface area contributed by atoms with E-state index in [1.54, 1.807) is 0 Å². The van der Waals surface area contributed by atoms with Crippen molar-refractivity contribution in [3.8, 4) is 0 Å². The first-order valence-corrected chi connectivity index (χ1v) is 13.3. The molecule has 0 atom stereocenters. The first-order valence-electron chi connectivity index (χ1n) is 13.3. The molecule has 1 saturated carbocycles. The molecule has 1 fully saturated rings. The lowest BCUT2D eigenvalue weighted by Crippen LogP contribution is -2.20. The number of hydrogen-bond donors (Lipinski definition) is 0. The third-order valence-electron chi connectivity index (χ3n) is 6.51. The molecule has 1 aliphatic rings. The Labute approximate surface area is 182 Å². The van der Waals surface area contributed by atoms with E-state index in [1.807, 2.05) is 0 Å². The Hall–Kier alpha value is -0.530. The van der Waals surface area contributed by atoms with Crippen LogP contribution in [0, 0.1) is 12.3 Å². The highest BCUT2D eigenvalue weighted by atomic mass is 16.5. The molecule has 1 aliphatic carbocycles. The maximum atomic E-state index is 11.9. The van der Waals surface area contributed by atoms with Gasteiger partial charge in [0, 0.05) is 0 Å². The number of rotatable bonds is 20. The van der Waals surface area contributed by atoms with Crippen LogP contribution in [0.3, 0.4) is 0 Å². The highest BCUT2D eigenvalue weighted by Gasteiger charge is 2.22. The lowest BCUT2D eigenvalue weighted by atomic mass is 9.89. The van der Waals surface area contributed by atoms with Crippen LogP contribution in [0.15, 0.2) is 0 Å². The minimum absolute atomic E-state index is 0.0603. The van der Waals surface area contributed by atoms with Crippen LogP contribution in [0.2, 0.25) is 0 Å². The molecule has 0 amide bonds. The Bertz CT molecular complexity index is 346. The van der Waals surface area contributed by atoms with Crippen molar-refractivity contribution in [2.75, 3.05) is 6.61 Å². The van der Waals surface area contributed by atoms with Gasteiger partial charge in [0.2, 0.25) is 0 Å². The molecule has 2 heteroatoms. The van der Waals surface area contributed by atoms with Crippen molar-refractivity contribution in [3.05, 3.63) is 6.42 Å². The molecular weight excluding hydrogens is 356 g/mol. The molecule has 1 rings (SSSR count). The number of unbranched alkanes of at least 4 members (excludes halogenated alkanes) is 17. The summed E-state index contributed by atoms with van der Waals surface area (Å²) in [6, 6.07) is 0. The minimum Gasteiger partial charge on any atom is -0.465 e. The number of carbonyl (C=O) groups is 1. The highest BCUT2D eigenvalue weighted by molar-refractivity contribution is 5.72. The molecule has 0 unspecified atom stereocenters. The molecule has 0 N–H and O–H groups in total. The van der Waals surface area contributed by atoms with Crippen molar-refractivity contribution < 1.29 is 9.53 Å². The maximum absolute atomic E-state index is 11.9. The number of hydrogen-bond acceptors (Lipinski definition) is 2. The molecule has 0 heterocycles. The molecule has 171 valence electrons. The van der Waals surface area contributed by atoms with Crippen LogP contribution in [0.1, 0.15) is 148 Å². The predicted octanol–water partition coefficient (Wildman–Crippen LogP) is 8.97. The molecule has 0 aromatic heterocycles. The summed E-state index contributed by atoms with van der Waals surface area (Å²) in [6.07, 6.45) is 31.4. The van der Waals surface area contributed by atoms with Crippen molar-refractivity contribution in [3.63, 3.8) is 0 Å². The quantitative estimate of drug-likeness (QED) is 0.149. The minimum atomic E-state index is 0.0603. The Morgan fingerprint density at radius 2 is 1.03 bits per heavy atom. The van der Waals surface area contributed by atoms with E-state index >= 15 is 0 Å². The molecule has 0 bridgehead atoms. The zero-order valence-electron chi connectivity index (χ0n) is 19.7. The lowest BCUT2D eigenvalue weighted by molar-refractivity contribution is -0.149. The smallest absolute Gasteiger partial charge is 0.308 e. The lowest BCUT2D eigenvalue weighted by Gasteiger charge is -2.19. The molecule has 0 aliphatic heterocycles. The SMILES string of the molecule is CCCCCCCCCCCCCCCCCCCCOC(=O)C1CC[CH]CC1. The third kappa shape index (κ3) is 16.9. The standard InChI is InChI=1S/C27H51O2/c1-2-3-4-5-6-7-8-9-10-11-12-13-14-15-16-17-18-22-25-29-27(28)26-23-20-19-21-24-26/h19,26H,2-18,20-25H2,1H3. The second-order valence-electron chi connectivity index (χ2n) is 9.32. The largest absolute Gasteiger partial charge is 0.465 e. The van der Waals surface area contributed by atoms with Crippen LogP contribution in [0.5, 0.6) is 0 Å². The summed E-state index contributed by atoms with van der Waals surface area (Å²) in [6.45, 7) is 2.93. The Balaban J connectivity index is 1.69. The van der Waals surface area contributed by atoms with E-state index in [4.69, 9.17) is 4.74 Å². The van der Waals surface area contributed by atoms with Crippen molar-refractivity contribution in [1.82, 2.24) is 0 Å². The zero-order chi connectivity index (χ0) is 20.8. The molecule has 0 spiro atoms. The van der Waals surface area contributed by atoms with Crippen LogP contribution >= 0.6 is 0 Å². The van der Waals surface area contributed by atoms with Gasteiger partial charge in [-0.3, -0.25) is 4.79 Å². The predicted molar refractivity (Wildman–Crippen MR) is 126 cm³/mol. The normalized spacial score (nSPS) is 14.9. The van der Waals surface area contributed by atoms with E-state index in [2.05, 4.69) is 13.3 Å². The fraction of sp³-hybridized carbons (Fsp3) is 0.926. The summed E-state index contributed by atoms with van der Waals surface area (Å²) in [7, 11) is 0. The molecule has 0 aromatic carbocycles. The van der Waals surface area contributed by atoms with E-state index in [-0.39, 0.29) is 11.9 Å². The summed E-state index contributed by atoms with van der Waals surface area (Å²) < 4.78 is 5.46. The highest BCUT2D eigenvalue weighted by Crippen LogP contribution is 2.24. The Morgan fingerprint density at radius 3 is 1.45 bits per heavy atom. The molecule has 0 aromatic rings. The summed E-state index contributed by atoms with van der Waals surface area (Å²) in [4.78, 5) is 11.9. The van der Waals surface area contributed by atoms with Gasteiger partial charge in [-0.05, 0) is 38.5 Å². The fourth-order valence-electron chi connectivity index (χ4n) is 4.46. The van der Waals surface area contributed by atoms with Crippen LogP contribution in [0.4, 0.5) is 0 Å². The van der Waals surface area contributed by atoms with Gasteiger partial charge in [-0.25, -0.2) is 0 Å². The Morgan fingerprint density at radius 1 is 0.655 bits per heavy atom. The van der Waals surface area contributed by atoms with E-state index in [9.17, 15) is 4.79 Å². The van der Waals surface area contributed by atoms with Gasteiger partial charge in [0.25, 0.3) is 0 Å². The topological polar surface area (TPSA) is 26.3 Å². The van der Waals surface area contributed by atoms with Gasteiger partial charge >= 0.3 is 5.97 Å². The number of esters is 1. The molecule has 0 saturated heterocycles. The van der Waals surface area contributed by atoms with E-state index in [0.717, 1.165) is 32.1 Å². The first kappa shape index (κ1) is 26.5. The average Bonchev–Trinajstić information content (AvgIpc) is 2.75. The van der Waals surface area contributed by atoms with E-state index in [1.165, 1.54) is 109 Å². The van der Waals surface area contributed by atoms with Crippen molar-refractivity contribution >= 4 is 5.97 Å². The van der Waals surface area contributed by atoms with E-state index < -0.39 is 0 Å². The molecular formula is C27H51O2. The van der Waals surface area contributed by atoms with Crippen LogP contribution in [-0.2, 0) is 9.53 Å². The van der Waals surface area contributed by atoms with Crippen molar-refractivity contribution in [2.45, 2.75) is 148 Å². The third-order valence-corrected chi connectivity index (χ3v) is 6.51. The summed E-state index contributed by atoms with van der Waals surface area (Å²) in [5.74, 6) is 0.237. The maximum Gasteiger partial charge on any atom is 0.308 e. The monoisotopic (exact) mass is 407 g/mol. The summed E-state index contributed by atoms with van der Waals surface area (Å²) >= 11 is 0. The van der Waals surface area contributed by atoms with Gasteiger partial charge in [0.1, 0.15) is 0 Å². The van der Waals surface area contributed by atoms with Gasteiger partial charge in [0.05, 0.1) is 12.5 Å². The molecule has 2 nitrogen and oxygen atoms in total. The summed E-state index contributed by atoms with van der Waals surface area (Å²) in [5, 5.41) is 0. The van der Waals surface area contributed by atoms with E-state index in [0.29, 0.717) is 6.61 Å². The number of carbonyl (C=O) groups excluding carboxylic acids is 1. The number of ether oxygens (including phenoxy) is 1. The van der Waals surface area contributed by atoms with Gasteiger partial charge < -0.3 is 4.74 Å². The van der Waals surface area contributed by atoms with Crippen LogP contribution in [0.25, 0.3) is 0 Å². The van der Waals surface area contributed by atoms with Gasteiger partial charge in [0.15, 0.2) is 0 Å². The molecule has 1 radical (unpaired) electrons. The first-order chi connectivity index (χ1) is 14.3. The van der Waals surface area contributed by atoms with Crippen molar-refractivity contribution in [1.29, 1.82) is 0 Å². The van der Waals surface area contributed by atoms with Gasteiger partial charge in [-0.2, -0.15) is 0 Å². The van der Waals surface area contributed by atoms with Crippen LogP contribution < -0.4 is 0 Å². The van der Waals surface area contributed by atoms with Gasteiger partial charge in [-0.15, -0.1) is 0 Å². The second kappa shape index (κ2) is 20.7. The molecule has 29 heavy (non-hydrogen) atoms. The average molecular weight is 408 g/mol. The van der Waals surface area contributed by atoms with Gasteiger partial charge in [-0.1, -0.05) is 116 Å². The second-order valence-corrected chi connectivity index (χ2v) is 9.32.